The molecule has 2 atom stereocenters. The molecule has 2 saturated heterocycles. The third-order valence-corrected chi connectivity index (χ3v) is 6.57. The zero-order valence-corrected chi connectivity index (χ0v) is 13.6. The second kappa shape index (κ2) is 4.96. The number of sulfone groups is 1. The summed E-state index contributed by atoms with van der Waals surface area (Å²) in [7, 11) is -2.94. The molecule has 116 valence electrons. The molecule has 0 bridgehead atoms. The maximum absolute atomic E-state index is 11.8. The van der Waals surface area contributed by atoms with Gasteiger partial charge in [0, 0.05) is 24.2 Å². The molecule has 22 heavy (non-hydrogen) atoms. The predicted molar refractivity (Wildman–Crippen MR) is 90.7 cm³/mol. The van der Waals surface area contributed by atoms with Gasteiger partial charge in [-0.1, -0.05) is 18.2 Å². The average Bonchev–Trinajstić information content (AvgIpc) is 3.06. The summed E-state index contributed by atoms with van der Waals surface area (Å²) in [4.78, 5) is 5.44. The number of aromatic amines is 1. The van der Waals surface area contributed by atoms with Crippen LogP contribution in [0.5, 0.6) is 0 Å². The van der Waals surface area contributed by atoms with Crippen LogP contribution in [0.3, 0.4) is 0 Å². The van der Waals surface area contributed by atoms with Crippen molar-refractivity contribution in [2.45, 2.75) is 18.5 Å². The number of benzene rings is 1. The summed E-state index contributed by atoms with van der Waals surface area (Å²) >= 11 is 5.36. The Morgan fingerprint density at radius 1 is 1.27 bits per heavy atom. The molecule has 1 aromatic heterocycles. The smallest absolute Gasteiger partial charge is 0.169 e. The van der Waals surface area contributed by atoms with E-state index in [2.05, 4.69) is 28.5 Å². The van der Waals surface area contributed by atoms with Crippen molar-refractivity contribution in [2.75, 3.05) is 18.1 Å². The molecule has 0 aliphatic carbocycles. The Hall–Kier alpha value is -1.60. The maximum Gasteiger partial charge on any atom is 0.169 e. The zero-order valence-electron chi connectivity index (χ0n) is 12.0. The van der Waals surface area contributed by atoms with Crippen LogP contribution >= 0.6 is 12.2 Å². The quantitative estimate of drug-likeness (QED) is 0.822. The van der Waals surface area contributed by atoms with Gasteiger partial charge in [0.1, 0.15) is 0 Å². The summed E-state index contributed by atoms with van der Waals surface area (Å²) in [6.07, 6.45) is 0.819. The molecule has 7 heteroatoms. The number of hydrogen-bond acceptors (Lipinski definition) is 3. The Kier molecular flexibility index (Phi) is 3.16. The molecular weight excluding hydrogens is 318 g/mol. The fraction of sp³-hybridized carbons (Fsp3) is 0.400. The summed E-state index contributed by atoms with van der Waals surface area (Å²) in [5.74, 6) is 0.401. The summed E-state index contributed by atoms with van der Waals surface area (Å²) in [5, 5.41) is 5.03. The monoisotopic (exact) mass is 335 g/mol. The van der Waals surface area contributed by atoms with Crippen LogP contribution in [0.2, 0.25) is 0 Å². The first-order valence-corrected chi connectivity index (χ1v) is 9.59. The topological polar surface area (TPSA) is 65.2 Å². The van der Waals surface area contributed by atoms with Crippen LogP contribution in [0.15, 0.2) is 30.3 Å². The van der Waals surface area contributed by atoms with Crippen LogP contribution in [0.4, 0.5) is 0 Å². The molecule has 3 heterocycles. The Balaban J connectivity index is 1.50. The molecule has 2 fully saturated rings. The predicted octanol–water partition coefficient (Wildman–Crippen LogP) is 1.07. The van der Waals surface area contributed by atoms with E-state index in [-0.39, 0.29) is 23.6 Å². The molecule has 2 aromatic rings. The molecule has 0 saturated carbocycles. The van der Waals surface area contributed by atoms with Crippen molar-refractivity contribution < 1.29 is 8.42 Å². The number of rotatable bonds is 3. The van der Waals surface area contributed by atoms with Crippen LogP contribution in [0, 0.1) is 0 Å². The van der Waals surface area contributed by atoms with E-state index in [0.29, 0.717) is 5.11 Å². The van der Waals surface area contributed by atoms with Crippen LogP contribution < -0.4 is 5.32 Å². The highest BCUT2D eigenvalue weighted by Gasteiger charge is 2.46. The SMILES string of the molecule is O=S1(=O)C[C@H]2NC(=S)N(CCc3cc4ccccc4[nH]3)[C@H]2C1. The number of hydrogen-bond donors (Lipinski definition) is 2. The summed E-state index contributed by atoms with van der Waals surface area (Å²) in [6, 6.07) is 10.3. The normalized spacial score (nSPS) is 26.4. The van der Waals surface area contributed by atoms with Gasteiger partial charge in [0.25, 0.3) is 0 Å². The minimum absolute atomic E-state index is 0.0121. The first-order chi connectivity index (χ1) is 10.5. The van der Waals surface area contributed by atoms with Gasteiger partial charge in [-0.15, -0.1) is 0 Å². The number of nitrogens with zero attached hydrogens (tertiary/aromatic N) is 1. The zero-order chi connectivity index (χ0) is 15.3. The lowest BCUT2D eigenvalue weighted by Crippen LogP contribution is -2.38. The van der Waals surface area contributed by atoms with E-state index in [4.69, 9.17) is 12.2 Å². The first-order valence-electron chi connectivity index (χ1n) is 7.36. The van der Waals surface area contributed by atoms with E-state index in [9.17, 15) is 8.42 Å². The molecule has 0 amide bonds. The number of fused-ring (bicyclic) bond motifs is 2. The summed E-state index contributed by atoms with van der Waals surface area (Å²) in [5.41, 5.74) is 2.27. The molecule has 2 N–H and O–H groups in total. The Bertz CT molecular complexity index is 810. The standard InChI is InChI=1S/C15H17N3O2S2/c19-22(20)8-13-14(9-22)18(15(21)17-13)6-5-11-7-10-3-1-2-4-12(10)16-11/h1-4,7,13-14,16H,5-6,8-9H2,(H,17,21)/t13-,14+/m1/s1. The lowest BCUT2D eigenvalue weighted by Gasteiger charge is -2.22. The minimum atomic E-state index is -2.94. The van der Waals surface area contributed by atoms with E-state index < -0.39 is 9.84 Å². The maximum atomic E-state index is 11.8. The van der Waals surface area contributed by atoms with Crippen LogP contribution in [-0.2, 0) is 16.3 Å². The second-order valence-corrected chi connectivity index (χ2v) is 8.57. The van der Waals surface area contributed by atoms with Crippen molar-refractivity contribution in [3.8, 4) is 0 Å². The van der Waals surface area contributed by atoms with Crippen LogP contribution in [0.25, 0.3) is 10.9 Å². The van der Waals surface area contributed by atoms with E-state index in [1.807, 2.05) is 17.0 Å². The van der Waals surface area contributed by atoms with Crippen molar-refractivity contribution in [1.29, 1.82) is 0 Å². The number of aromatic nitrogens is 1. The Morgan fingerprint density at radius 3 is 2.91 bits per heavy atom. The van der Waals surface area contributed by atoms with Gasteiger partial charge in [-0.25, -0.2) is 8.42 Å². The number of H-pyrrole nitrogens is 1. The molecule has 5 nitrogen and oxygen atoms in total. The van der Waals surface area contributed by atoms with Crippen molar-refractivity contribution >= 4 is 38.1 Å². The molecule has 2 aliphatic heterocycles. The van der Waals surface area contributed by atoms with Crippen molar-refractivity contribution in [3.63, 3.8) is 0 Å². The van der Waals surface area contributed by atoms with Gasteiger partial charge in [-0.3, -0.25) is 0 Å². The highest BCUT2D eigenvalue weighted by Crippen LogP contribution is 2.25. The van der Waals surface area contributed by atoms with Gasteiger partial charge < -0.3 is 15.2 Å². The largest absolute Gasteiger partial charge is 0.358 e. The van der Waals surface area contributed by atoms with Gasteiger partial charge in [0.15, 0.2) is 14.9 Å². The average molecular weight is 335 g/mol. The lowest BCUT2D eigenvalue weighted by molar-refractivity contribution is 0.357. The number of thiocarbonyl (C=S) groups is 1. The van der Waals surface area contributed by atoms with E-state index >= 15 is 0 Å². The van der Waals surface area contributed by atoms with Crippen LogP contribution in [-0.4, -0.2) is 53.5 Å². The highest BCUT2D eigenvalue weighted by molar-refractivity contribution is 7.91. The fourth-order valence-corrected chi connectivity index (χ4v) is 5.74. The molecule has 2 aliphatic rings. The highest BCUT2D eigenvalue weighted by atomic mass is 32.2. The van der Waals surface area contributed by atoms with Crippen molar-refractivity contribution in [3.05, 3.63) is 36.0 Å². The van der Waals surface area contributed by atoms with Crippen molar-refractivity contribution in [1.82, 2.24) is 15.2 Å². The Labute approximate surface area is 134 Å². The van der Waals surface area contributed by atoms with Gasteiger partial charge in [-0.2, -0.15) is 0 Å². The van der Waals surface area contributed by atoms with Crippen molar-refractivity contribution in [2.24, 2.45) is 0 Å². The molecule has 4 rings (SSSR count). The summed E-state index contributed by atoms with van der Waals surface area (Å²) in [6.45, 7) is 0.731. The first kappa shape index (κ1) is 14.0. The molecule has 0 spiro atoms. The van der Waals surface area contributed by atoms with E-state index in [1.165, 1.54) is 5.39 Å². The van der Waals surface area contributed by atoms with Gasteiger partial charge >= 0.3 is 0 Å². The third kappa shape index (κ3) is 2.38. The van der Waals surface area contributed by atoms with Gasteiger partial charge in [0.2, 0.25) is 0 Å². The lowest BCUT2D eigenvalue weighted by atomic mass is 10.2. The van der Waals surface area contributed by atoms with Gasteiger partial charge in [-0.05, 0) is 29.7 Å². The second-order valence-electron chi connectivity index (χ2n) is 6.03. The number of para-hydroxylation sites is 1. The van der Waals surface area contributed by atoms with E-state index in [0.717, 1.165) is 24.2 Å². The van der Waals surface area contributed by atoms with Gasteiger partial charge in [0.05, 0.1) is 23.6 Å². The number of nitrogens with one attached hydrogen (secondary N) is 2. The minimum Gasteiger partial charge on any atom is -0.358 e. The molecule has 1 aromatic carbocycles. The van der Waals surface area contributed by atoms with Crippen LogP contribution in [0.1, 0.15) is 5.69 Å². The Morgan fingerprint density at radius 2 is 2.09 bits per heavy atom. The van der Waals surface area contributed by atoms with E-state index in [1.54, 1.807) is 0 Å². The molecule has 0 radical (unpaired) electrons. The summed E-state index contributed by atoms with van der Waals surface area (Å²) < 4.78 is 23.5. The molecular formula is C15H17N3O2S2. The fourth-order valence-electron chi connectivity index (χ4n) is 3.44. The molecule has 0 unspecified atom stereocenters. The third-order valence-electron chi connectivity index (χ3n) is 4.50.